The fraction of sp³-hybridized carbons (Fsp3) is 0.900. The molecule has 1 aliphatic heterocycles. The summed E-state index contributed by atoms with van der Waals surface area (Å²) < 4.78 is 13.4. The van der Waals surface area contributed by atoms with Gasteiger partial charge in [0.1, 0.15) is 0 Å². The van der Waals surface area contributed by atoms with Crippen molar-refractivity contribution in [3.8, 4) is 0 Å². The van der Waals surface area contributed by atoms with Crippen molar-refractivity contribution in [2.24, 2.45) is 0 Å². The number of hydrogen-bond acceptors (Lipinski definition) is 2. The first-order valence-electron chi connectivity index (χ1n) is 5.01. The molecule has 1 rings (SSSR count). The lowest BCUT2D eigenvalue weighted by atomic mass is 10.1. The van der Waals surface area contributed by atoms with E-state index in [2.05, 4.69) is 6.92 Å². The molecule has 14 heavy (non-hydrogen) atoms. The summed E-state index contributed by atoms with van der Waals surface area (Å²) in [6, 6.07) is 0. The molecule has 1 amide bonds. The Hall–Kier alpha value is -0.250. The molecule has 0 spiro atoms. The number of nitrogens with zero attached hydrogens (tertiary/aromatic N) is 1. The topological polar surface area (TPSA) is 20.3 Å². The Morgan fingerprint density at radius 1 is 1.50 bits per heavy atom. The smallest absolute Gasteiger partial charge is 0.259 e. The van der Waals surface area contributed by atoms with Crippen LogP contribution in [0.3, 0.4) is 0 Å². The lowest BCUT2D eigenvalue weighted by Crippen LogP contribution is -2.43. The maximum Gasteiger partial charge on any atom is 0.259 e. The van der Waals surface area contributed by atoms with Crippen LogP contribution in [0.5, 0.6) is 0 Å². The van der Waals surface area contributed by atoms with Gasteiger partial charge in [-0.15, -0.1) is 0 Å². The highest BCUT2D eigenvalue weighted by atomic mass is 32.2. The molecule has 0 bridgehead atoms. The standard InChI is InChI=1S/C10H18FNOS/c1-8-4-5-12(6-7-14-8)9(13)10(2,3)11/h8H,4-7H2,1-3H3. The van der Waals surface area contributed by atoms with E-state index in [1.807, 2.05) is 11.8 Å². The molecule has 0 aromatic carbocycles. The second kappa shape index (κ2) is 4.51. The summed E-state index contributed by atoms with van der Waals surface area (Å²) in [5.74, 6) is 0.551. The molecule has 1 aliphatic rings. The maximum absolute atomic E-state index is 13.4. The van der Waals surface area contributed by atoms with Gasteiger partial charge in [0, 0.05) is 24.1 Å². The Morgan fingerprint density at radius 3 is 2.71 bits per heavy atom. The van der Waals surface area contributed by atoms with E-state index in [0.717, 1.165) is 12.2 Å². The fourth-order valence-corrected chi connectivity index (χ4v) is 2.48. The summed E-state index contributed by atoms with van der Waals surface area (Å²) in [6.45, 7) is 6.19. The summed E-state index contributed by atoms with van der Waals surface area (Å²) in [5.41, 5.74) is -1.72. The van der Waals surface area contributed by atoms with Crippen LogP contribution in [0.2, 0.25) is 0 Å². The molecule has 1 fully saturated rings. The molecule has 1 saturated heterocycles. The molecule has 0 aliphatic carbocycles. The third-order valence-electron chi connectivity index (χ3n) is 2.36. The van der Waals surface area contributed by atoms with Crippen LogP contribution in [0.25, 0.3) is 0 Å². The van der Waals surface area contributed by atoms with Gasteiger partial charge in [-0.25, -0.2) is 4.39 Å². The SMILES string of the molecule is CC1CCN(C(=O)C(C)(C)F)CCS1. The molecule has 0 saturated carbocycles. The number of carbonyl (C=O) groups is 1. The molecule has 82 valence electrons. The number of hydrogen-bond donors (Lipinski definition) is 0. The van der Waals surface area contributed by atoms with Crippen molar-refractivity contribution < 1.29 is 9.18 Å². The van der Waals surface area contributed by atoms with Gasteiger partial charge in [0.25, 0.3) is 5.91 Å². The van der Waals surface area contributed by atoms with Gasteiger partial charge in [0.05, 0.1) is 0 Å². The average Bonchev–Trinajstić information content (AvgIpc) is 2.27. The molecule has 0 aromatic rings. The molecule has 0 aromatic heterocycles. The molecule has 1 unspecified atom stereocenters. The van der Waals surface area contributed by atoms with Crippen LogP contribution in [0.15, 0.2) is 0 Å². The van der Waals surface area contributed by atoms with Crippen LogP contribution in [-0.2, 0) is 4.79 Å². The quantitative estimate of drug-likeness (QED) is 0.673. The average molecular weight is 219 g/mol. The summed E-state index contributed by atoms with van der Waals surface area (Å²) in [4.78, 5) is 13.3. The Bertz CT molecular complexity index is 215. The Labute approximate surface area is 89.2 Å². The summed E-state index contributed by atoms with van der Waals surface area (Å²) in [7, 11) is 0. The molecule has 1 atom stereocenters. The van der Waals surface area contributed by atoms with Crippen LogP contribution >= 0.6 is 11.8 Å². The van der Waals surface area contributed by atoms with E-state index in [9.17, 15) is 9.18 Å². The number of amides is 1. The van der Waals surface area contributed by atoms with Gasteiger partial charge in [-0.2, -0.15) is 11.8 Å². The van der Waals surface area contributed by atoms with Crippen molar-refractivity contribution in [2.45, 2.75) is 38.1 Å². The predicted octanol–water partition coefficient (Wildman–Crippen LogP) is 2.09. The first-order chi connectivity index (χ1) is 6.41. The molecule has 0 radical (unpaired) electrons. The fourth-order valence-electron chi connectivity index (χ4n) is 1.48. The highest BCUT2D eigenvalue weighted by Gasteiger charge is 2.32. The molecule has 2 nitrogen and oxygen atoms in total. The third-order valence-corrected chi connectivity index (χ3v) is 3.59. The van der Waals surface area contributed by atoms with E-state index < -0.39 is 5.67 Å². The number of carbonyl (C=O) groups excluding carboxylic acids is 1. The van der Waals surface area contributed by atoms with Crippen molar-refractivity contribution in [3.05, 3.63) is 0 Å². The van der Waals surface area contributed by atoms with E-state index in [-0.39, 0.29) is 5.91 Å². The largest absolute Gasteiger partial charge is 0.339 e. The van der Waals surface area contributed by atoms with E-state index in [0.29, 0.717) is 18.3 Å². The first kappa shape index (κ1) is 11.8. The predicted molar refractivity (Wildman–Crippen MR) is 58.3 cm³/mol. The number of alkyl halides is 1. The first-order valence-corrected chi connectivity index (χ1v) is 6.06. The lowest BCUT2D eigenvalue weighted by Gasteiger charge is -2.25. The summed E-state index contributed by atoms with van der Waals surface area (Å²) >= 11 is 1.85. The van der Waals surface area contributed by atoms with E-state index in [4.69, 9.17) is 0 Å². The number of halogens is 1. The van der Waals surface area contributed by atoms with Crippen molar-refractivity contribution in [2.75, 3.05) is 18.8 Å². The summed E-state index contributed by atoms with van der Waals surface area (Å²) in [6.07, 6.45) is 0.965. The molecular formula is C10H18FNOS. The van der Waals surface area contributed by atoms with E-state index in [1.54, 1.807) is 4.90 Å². The number of rotatable bonds is 1. The van der Waals surface area contributed by atoms with E-state index in [1.165, 1.54) is 13.8 Å². The summed E-state index contributed by atoms with van der Waals surface area (Å²) in [5, 5.41) is 0.579. The third kappa shape index (κ3) is 3.15. The second-order valence-electron chi connectivity index (χ2n) is 4.23. The Morgan fingerprint density at radius 2 is 2.14 bits per heavy atom. The van der Waals surface area contributed by atoms with Gasteiger partial charge in [0.15, 0.2) is 5.67 Å². The van der Waals surface area contributed by atoms with Crippen LogP contribution in [0.4, 0.5) is 4.39 Å². The van der Waals surface area contributed by atoms with Crippen molar-refractivity contribution >= 4 is 17.7 Å². The van der Waals surface area contributed by atoms with Crippen LogP contribution in [-0.4, -0.2) is 40.6 Å². The zero-order valence-corrected chi connectivity index (χ0v) is 9.86. The zero-order chi connectivity index (χ0) is 10.8. The molecule has 0 N–H and O–H groups in total. The van der Waals surface area contributed by atoms with Crippen LogP contribution in [0.1, 0.15) is 27.2 Å². The Kier molecular flexibility index (Phi) is 3.81. The maximum atomic E-state index is 13.4. The normalized spacial score (nSPS) is 24.6. The van der Waals surface area contributed by atoms with Crippen LogP contribution in [0, 0.1) is 0 Å². The van der Waals surface area contributed by atoms with Gasteiger partial charge in [-0.3, -0.25) is 4.79 Å². The minimum atomic E-state index is -1.72. The van der Waals surface area contributed by atoms with Gasteiger partial charge in [-0.05, 0) is 20.3 Å². The van der Waals surface area contributed by atoms with Gasteiger partial charge < -0.3 is 4.90 Å². The molecule has 4 heteroatoms. The molecular weight excluding hydrogens is 201 g/mol. The van der Waals surface area contributed by atoms with Crippen molar-refractivity contribution in [3.63, 3.8) is 0 Å². The van der Waals surface area contributed by atoms with Gasteiger partial charge >= 0.3 is 0 Å². The minimum absolute atomic E-state index is 0.368. The van der Waals surface area contributed by atoms with Gasteiger partial charge in [0.2, 0.25) is 0 Å². The zero-order valence-electron chi connectivity index (χ0n) is 9.05. The van der Waals surface area contributed by atoms with Crippen LogP contribution < -0.4 is 0 Å². The Balaban J connectivity index is 2.56. The monoisotopic (exact) mass is 219 g/mol. The van der Waals surface area contributed by atoms with Crippen molar-refractivity contribution in [1.29, 1.82) is 0 Å². The minimum Gasteiger partial charge on any atom is -0.339 e. The molecule has 1 heterocycles. The van der Waals surface area contributed by atoms with Crippen molar-refractivity contribution in [1.82, 2.24) is 4.90 Å². The van der Waals surface area contributed by atoms with Gasteiger partial charge in [-0.1, -0.05) is 6.92 Å². The highest BCUT2D eigenvalue weighted by Crippen LogP contribution is 2.21. The second-order valence-corrected chi connectivity index (χ2v) is 5.78. The lowest BCUT2D eigenvalue weighted by molar-refractivity contribution is -0.141. The highest BCUT2D eigenvalue weighted by molar-refractivity contribution is 7.99. The van der Waals surface area contributed by atoms with E-state index >= 15 is 0 Å². The number of thioether (sulfide) groups is 1.